The van der Waals surface area contributed by atoms with Gasteiger partial charge in [0.2, 0.25) is 0 Å². The molecule has 4 aliphatic carbocycles. The SMILES string of the molecule is O=C(NC12CC3CC(CC(C3)C1)C2)c1ccc(N2CCN(C(=O)c3ccco3)CC2)c([N+](=O)[O-])c1. The van der Waals surface area contributed by atoms with E-state index in [1.54, 1.807) is 29.2 Å². The Morgan fingerprint density at radius 3 is 2.23 bits per heavy atom. The summed E-state index contributed by atoms with van der Waals surface area (Å²) in [6, 6.07) is 8.08. The molecular formula is C26H30N4O5. The molecule has 9 heteroatoms. The third-order valence-electron chi connectivity index (χ3n) is 8.49. The van der Waals surface area contributed by atoms with E-state index in [0.29, 0.717) is 60.9 Å². The van der Waals surface area contributed by atoms with Gasteiger partial charge < -0.3 is 19.5 Å². The minimum atomic E-state index is -0.419. The van der Waals surface area contributed by atoms with Gasteiger partial charge in [-0.25, -0.2) is 0 Å². The Labute approximate surface area is 203 Å². The summed E-state index contributed by atoms with van der Waals surface area (Å²) in [6.07, 6.45) is 8.43. The third-order valence-corrected chi connectivity index (χ3v) is 8.49. The minimum Gasteiger partial charge on any atom is -0.459 e. The molecule has 5 fully saturated rings. The molecule has 9 nitrogen and oxygen atoms in total. The first-order chi connectivity index (χ1) is 16.9. The van der Waals surface area contributed by atoms with Gasteiger partial charge in [-0.3, -0.25) is 19.7 Å². The van der Waals surface area contributed by atoms with Crippen LogP contribution in [-0.2, 0) is 0 Å². The quantitative estimate of drug-likeness (QED) is 0.517. The van der Waals surface area contributed by atoms with Gasteiger partial charge >= 0.3 is 0 Å². The van der Waals surface area contributed by atoms with E-state index >= 15 is 0 Å². The first-order valence-corrected chi connectivity index (χ1v) is 12.6. The largest absolute Gasteiger partial charge is 0.459 e. The number of carbonyl (C=O) groups excluding carboxylic acids is 2. The van der Waals surface area contributed by atoms with Crippen LogP contribution >= 0.6 is 0 Å². The number of piperazine rings is 1. The molecule has 4 saturated carbocycles. The average molecular weight is 479 g/mol. The standard InChI is InChI=1S/C26H30N4O5/c31-24(27-26-14-17-10-18(15-26)12-19(11-17)16-26)20-3-4-21(22(13-20)30(33)34)28-5-7-29(8-6-28)25(32)23-2-1-9-35-23/h1-4,9,13,17-19H,5-8,10-12,14-16H2,(H,27,31). The van der Waals surface area contributed by atoms with Gasteiger partial charge in [-0.05, 0) is 80.5 Å². The lowest BCUT2D eigenvalue weighted by Crippen LogP contribution is -2.59. The van der Waals surface area contributed by atoms with E-state index in [4.69, 9.17) is 4.42 Å². The van der Waals surface area contributed by atoms with Crippen molar-refractivity contribution in [2.45, 2.75) is 44.1 Å². The number of nitrogens with zero attached hydrogens (tertiary/aromatic N) is 3. The van der Waals surface area contributed by atoms with E-state index < -0.39 is 4.92 Å². The molecule has 4 bridgehead atoms. The molecule has 1 aromatic heterocycles. The average Bonchev–Trinajstić information content (AvgIpc) is 3.37. The molecule has 35 heavy (non-hydrogen) atoms. The maximum atomic E-state index is 13.2. The highest BCUT2D eigenvalue weighted by molar-refractivity contribution is 5.96. The van der Waals surface area contributed by atoms with E-state index in [1.165, 1.54) is 31.6 Å². The molecule has 2 aromatic rings. The summed E-state index contributed by atoms with van der Waals surface area (Å²) in [6.45, 7) is 1.80. The smallest absolute Gasteiger partial charge is 0.293 e. The number of hydrogen-bond donors (Lipinski definition) is 1. The normalized spacial score (nSPS) is 29.3. The minimum absolute atomic E-state index is 0.0750. The summed E-state index contributed by atoms with van der Waals surface area (Å²) < 4.78 is 5.20. The Hall–Kier alpha value is -3.36. The number of nitro benzene ring substituents is 1. The Bertz CT molecular complexity index is 1120. The molecule has 5 aliphatic rings. The summed E-state index contributed by atoms with van der Waals surface area (Å²) in [5.41, 5.74) is 0.596. The lowest BCUT2D eigenvalue weighted by molar-refractivity contribution is -0.384. The number of nitro groups is 1. The molecular weight excluding hydrogens is 448 g/mol. The Balaban J connectivity index is 1.16. The van der Waals surface area contributed by atoms with Crippen molar-refractivity contribution in [1.82, 2.24) is 10.2 Å². The molecule has 7 rings (SSSR count). The number of anilines is 1. The first kappa shape index (κ1) is 22.1. The predicted molar refractivity (Wildman–Crippen MR) is 128 cm³/mol. The Kier molecular flexibility index (Phi) is 5.30. The van der Waals surface area contributed by atoms with Crippen LogP contribution in [0, 0.1) is 27.9 Å². The molecule has 1 aromatic carbocycles. The number of amides is 2. The second-order valence-electron chi connectivity index (χ2n) is 10.9. The van der Waals surface area contributed by atoms with Crippen molar-refractivity contribution in [1.29, 1.82) is 0 Å². The van der Waals surface area contributed by atoms with Crippen LogP contribution in [0.2, 0.25) is 0 Å². The topological polar surface area (TPSA) is 109 Å². The van der Waals surface area contributed by atoms with Crippen LogP contribution in [0.5, 0.6) is 0 Å². The molecule has 184 valence electrons. The number of furan rings is 1. The van der Waals surface area contributed by atoms with Crippen molar-refractivity contribution < 1.29 is 18.9 Å². The van der Waals surface area contributed by atoms with Crippen LogP contribution in [-0.4, -0.2) is 53.4 Å². The van der Waals surface area contributed by atoms with E-state index in [0.717, 1.165) is 19.3 Å². The van der Waals surface area contributed by atoms with Crippen molar-refractivity contribution in [3.05, 3.63) is 58.0 Å². The van der Waals surface area contributed by atoms with Gasteiger partial charge in [0.15, 0.2) is 5.76 Å². The van der Waals surface area contributed by atoms with Gasteiger partial charge in [-0.15, -0.1) is 0 Å². The fourth-order valence-electron chi connectivity index (χ4n) is 7.36. The molecule has 1 saturated heterocycles. The van der Waals surface area contributed by atoms with Crippen LogP contribution in [0.4, 0.5) is 11.4 Å². The number of rotatable bonds is 5. The molecule has 0 radical (unpaired) electrons. The lowest BCUT2D eigenvalue weighted by Gasteiger charge is -2.56. The second kappa shape index (κ2) is 8.39. The number of carbonyl (C=O) groups is 2. The fourth-order valence-corrected chi connectivity index (χ4v) is 7.36. The molecule has 1 aliphatic heterocycles. The van der Waals surface area contributed by atoms with Crippen molar-refractivity contribution in [2.24, 2.45) is 17.8 Å². The first-order valence-electron chi connectivity index (χ1n) is 12.6. The number of benzene rings is 1. The molecule has 1 N–H and O–H groups in total. The highest BCUT2D eigenvalue weighted by Crippen LogP contribution is 2.55. The Morgan fingerprint density at radius 2 is 1.66 bits per heavy atom. The van der Waals surface area contributed by atoms with Gasteiger partial charge in [0.25, 0.3) is 17.5 Å². The van der Waals surface area contributed by atoms with Crippen molar-refractivity contribution in [3.63, 3.8) is 0 Å². The maximum absolute atomic E-state index is 13.2. The monoisotopic (exact) mass is 478 g/mol. The Morgan fingerprint density at radius 1 is 1.00 bits per heavy atom. The predicted octanol–water partition coefficient (Wildman–Crippen LogP) is 3.85. The molecule has 2 amide bonds. The third kappa shape index (κ3) is 4.06. The summed E-state index contributed by atoms with van der Waals surface area (Å²) in [5, 5.41) is 15.3. The summed E-state index contributed by atoms with van der Waals surface area (Å²) >= 11 is 0. The summed E-state index contributed by atoms with van der Waals surface area (Å²) in [4.78, 5) is 40.9. The van der Waals surface area contributed by atoms with E-state index in [1.807, 2.05) is 4.90 Å². The highest BCUT2D eigenvalue weighted by Gasteiger charge is 2.51. The molecule has 0 unspecified atom stereocenters. The van der Waals surface area contributed by atoms with E-state index in [9.17, 15) is 19.7 Å². The zero-order valence-corrected chi connectivity index (χ0v) is 19.7. The van der Waals surface area contributed by atoms with Gasteiger partial charge in [0.05, 0.1) is 11.2 Å². The molecule has 0 spiro atoms. The van der Waals surface area contributed by atoms with Crippen molar-refractivity contribution >= 4 is 23.2 Å². The maximum Gasteiger partial charge on any atom is 0.293 e. The lowest BCUT2D eigenvalue weighted by atomic mass is 9.53. The van der Waals surface area contributed by atoms with Crippen molar-refractivity contribution in [3.8, 4) is 0 Å². The summed E-state index contributed by atoms with van der Waals surface area (Å²) in [5.74, 6) is 2.01. The van der Waals surface area contributed by atoms with Crippen molar-refractivity contribution in [2.75, 3.05) is 31.1 Å². The highest BCUT2D eigenvalue weighted by atomic mass is 16.6. The van der Waals surface area contributed by atoms with Crippen LogP contribution in [0.1, 0.15) is 59.4 Å². The number of hydrogen-bond acceptors (Lipinski definition) is 6. The second-order valence-corrected chi connectivity index (χ2v) is 10.9. The summed E-state index contributed by atoms with van der Waals surface area (Å²) in [7, 11) is 0. The van der Waals surface area contributed by atoms with Gasteiger partial charge in [0.1, 0.15) is 5.69 Å². The molecule has 2 heterocycles. The zero-order chi connectivity index (χ0) is 24.2. The van der Waals surface area contributed by atoms with Crippen LogP contribution in [0.15, 0.2) is 41.0 Å². The molecule has 0 atom stereocenters. The van der Waals surface area contributed by atoms with Crippen LogP contribution in [0.25, 0.3) is 0 Å². The van der Waals surface area contributed by atoms with Crippen LogP contribution < -0.4 is 10.2 Å². The fraction of sp³-hybridized carbons (Fsp3) is 0.538. The van der Waals surface area contributed by atoms with Gasteiger partial charge in [-0.2, -0.15) is 0 Å². The zero-order valence-electron chi connectivity index (χ0n) is 19.7. The van der Waals surface area contributed by atoms with E-state index in [-0.39, 0.29) is 23.0 Å². The van der Waals surface area contributed by atoms with Gasteiger partial charge in [0, 0.05) is 43.3 Å². The van der Waals surface area contributed by atoms with Crippen LogP contribution in [0.3, 0.4) is 0 Å². The number of nitrogens with one attached hydrogen (secondary N) is 1. The van der Waals surface area contributed by atoms with Gasteiger partial charge in [-0.1, -0.05) is 0 Å². The van der Waals surface area contributed by atoms with E-state index in [2.05, 4.69) is 5.32 Å².